The number of fused-ring (bicyclic) bond motifs is 1. The first-order chi connectivity index (χ1) is 22.5. The number of hydrogen-bond acceptors (Lipinski definition) is 8. The Hall–Kier alpha value is -6.02. The molecule has 5 aromatic carbocycles. The minimum absolute atomic E-state index is 0.0681. The van der Waals surface area contributed by atoms with Crippen molar-refractivity contribution >= 4 is 16.9 Å². The van der Waals surface area contributed by atoms with Gasteiger partial charge in [0.1, 0.15) is 47.2 Å². The smallest absolute Gasteiger partial charge is 0.343 e. The molecular weight excluding hydrogens is 584 g/mol. The van der Waals surface area contributed by atoms with Crippen LogP contribution in [0.5, 0.6) is 28.7 Å². The second-order valence-electron chi connectivity index (χ2n) is 10.3. The third-order valence-electron chi connectivity index (χ3n) is 7.24. The summed E-state index contributed by atoms with van der Waals surface area (Å²) in [5.41, 5.74) is 2.41. The fourth-order valence-corrected chi connectivity index (χ4v) is 4.83. The molecule has 8 nitrogen and oxygen atoms in total. The maximum atomic E-state index is 14.0. The van der Waals surface area contributed by atoms with E-state index in [2.05, 4.69) is 0 Å². The van der Waals surface area contributed by atoms with Crippen molar-refractivity contribution in [2.45, 2.75) is 13.2 Å². The van der Waals surface area contributed by atoms with E-state index in [0.717, 1.165) is 11.1 Å². The van der Waals surface area contributed by atoms with Gasteiger partial charge in [-0.25, -0.2) is 4.79 Å². The standard InChI is InChI=1S/C38H30O8/c1-41-31-21-32(42-2)34-33(22-31)45-36(27-13-17-29(18-14-27)43-23-25-9-5-3-6-10-25)37(35(34)39)46-38(40)28-15-19-30(20-16-28)44-24-26-11-7-4-8-12-26/h3-22H,23-24H2,1-2H3. The minimum atomic E-state index is -0.738. The predicted molar refractivity (Wildman–Crippen MR) is 174 cm³/mol. The molecule has 230 valence electrons. The summed E-state index contributed by atoms with van der Waals surface area (Å²) in [5, 5.41) is 0.113. The maximum absolute atomic E-state index is 14.0. The largest absolute Gasteiger partial charge is 0.496 e. The van der Waals surface area contributed by atoms with Gasteiger partial charge in [-0.05, 0) is 59.7 Å². The molecule has 0 radical (unpaired) electrons. The molecule has 0 spiro atoms. The fraction of sp³-hybridized carbons (Fsp3) is 0.105. The lowest BCUT2D eigenvalue weighted by Gasteiger charge is -2.14. The van der Waals surface area contributed by atoms with Crippen LogP contribution in [-0.4, -0.2) is 20.2 Å². The van der Waals surface area contributed by atoms with Crippen LogP contribution in [0.15, 0.2) is 131 Å². The molecule has 0 bridgehead atoms. The molecule has 0 fully saturated rings. The summed E-state index contributed by atoms with van der Waals surface area (Å²) >= 11 is 0. The van der Waals surface area contributed by atoms with E-state index in [0.29, 0.717) is 36.0 Å². The lowest BCUT2D eigenvalue weighted by atomic mass is 10.1. The highest BCUT2D eigenvalue weighted by atomic mass is 16.5. The van der Waals surface area contributed by atoms with Gasteiger partial charge in [0.15, 0.2) is 5.76 Å². The van der Waals surface area contributed by atoms with Crippen molar-refractivity contribution in [1.82, 2.24) is 0 Å². The molecule has 0 aliphatic heterocycles. The van der Waals surface area contributed by atoms with Crippen molar-refractivity contribution in [2.24, 2.45) is 0 Å². The molecule has 0 N–H and O–H groups in total. The topological polar surface area (TPSA) is 93.4 Å². The number of esters is 1. The van der Waals surface area contributed by atoms with E-state index in [1.54, 1.807) is 60.7 Å². The quantitative estimate of drug-likeness (QED) is 0.136. The van der Waals surface area contributed by atoms with Gasteiger partial charge in [0.2, 0.25) is 11.2 Å². The molecule has 0 atom stereocenters. The van der Waals surface area contributed by atoms with E-state index in [1.165, 1.54) is 14.2 Å². The average Bonchev–Trinajstić information content (AvgIpc) is 3.11. The fourth-order valence-electron chi connectivity index (χ4n) is 4.83. The Morgan fingerprint density at radius 1 is 0.652 bits per heavy atom. The van der Waals surface area contributed by atoms with Crippen molar-refractivity contribution in [3.05, 3.63) is 148 Å². The summed E-state index contributed by atoms with van der Waals surface area (Å²) in [5.74, 6) is 0.908. The Bertz CT molecular complexity index is 2000. The van der Waals surface area contributed by atoms with Gasteiger partial charge in [0, 0.05) is 17.7 Å². The van der Waals surface area contributed by atoms with Crippen molar-refractivity contribution in [3.8, 4) is 40.1 Å². The number of ether oxygens (including phenoxy) is 5. The lowest BCUT2D eigenvalue weighted by Crippen LogP contribution is -2.16. The number of hydrogen-bond donors (Lipinski definition) is 0. The minimum Gasteiger partial charge on any atom is -0.496 e. The first kappa shape index (κ1) is 30.0. The molecule has 46 heavy (non-hydrogen) atoms. The highest BCUT2D eigenvalue weighted by Crippen LogP contribution is 2.37. The van der Waals surface area contributed by atoms with E-state index in [1.807, 2.05) is 60.7 Å². The number of carbonyl (C=O) groups excluding carboxylic acids is 1. The highest BCUT2D eigenvalue weighted by molar-refractivity contribution is 5.94. The van der Waals surface area contributed by atoms with Crippen molar-refractivity contribution in [1.29, 1.82) is 0 Å². The molecule has 0 saturated heterocycles. The van der Waals surface area contributed by atoms with Gasteiger partial charge >= 0.3 is 5.97 Å². The molecule has 6 rings (SSSR count). The summed E-state index contributed by atoms with van der Waals surface area (Å²) in [4.78, 5) is 27.4. The molecular formula is C38H30O8. The number of methoxy groups -OCH3 is 2. The first-order valence-electron chi connectivity index (χ1n) is 14.5. The van der Waals surface area contributed by atoms with Gasteiger partial charge in [-0.1, -0.05) is 60.7 Å². The Morgan fingerprint density at radius 2 is 1.22 bits per heavy atom. The van der Waals surface area contributed by atoms with Crippen LogP contribution >= 0.6 is 0 Å². The predicted octanol–water partition coefficient (Wildman–Crippen LogP) is 7.85. The summed E-state index contributed by atoms with van der Waals surface area (Å²) in [7, 11) is 2.94. The SMILES string of the molecule is COc1cc(OC)c2c(=O)c(OC(=O)c3ccc(OCc4ccccc4)cc3)c(-c3ccc(OCc4ccccc4)cc3)oc2c1. The third kappa shape index (κ3) is 6.71. The van der Waals surface area contributed by atoms with Gasteiger partial charge in [-0.3, -0.25) is 4.79 Å². The number of carbonyl (C=O) groups is 1. The monoisotopic (exact) mass is 614 g/mol. The van der Waals surface area contributed by atoms with Crippen LogP contribution in [0.1, 0.15) is 21.5 Å². The van der Waals surface area contributed by atoms with Gasteiger partial charge < -0.3 is 28.1 Å². The molecule has 0 saturated carbocycles. The van der Waals surface area contributed by atoms with Crippen LogP contribution in [0.3, 0.4) is 0 Å². The summed E-state index contributed by atoms with van der Waals surface area (Å²) < 4.78 is 34.6. The van der Waals surface area contributed by atoms with Crippen LogP contribution in [0.25, 0.3) is 22.3 Å². The normalized spacial score (nSPS) is 10.7. The summed E-state index contributed by atoms with van der Waals surface area (Å²) in [6, 6.07) is 36.2. The van der Waals surface area contributed by atoms with E-state index in [4.69, 9.17) is 28.1 Å². The van der Waals surface area contributed by atoms with Gasteiger partial charge in [-0.15, -0.1) is 0 Å². The molecule has 1 heterocycles. The molecule has 0 aliphatic rings. The average molecular weight is 615 g/mol. The third-order valence-corrected chi connectivity index (χ3v) is 7.24. The Morgan fingerprint density at radius 3 is 1.76 bits per heavy atom. The zero-order chi connectivity index (χ0) is 31.9. The van der Waals surface area contributed by atoms with Gasteiger partial charge in [-0.2, -0.15) is 0 Å². The number of benzene rings is 5. The zero-order valence-electron chi connectivity index (χ0n) is 25.2. The molecule has 0 aliphatic carbocycles. The van der Waals surface area contributed by atoms with E-state index >= 15 is 0 Å². The molecule has 1 aromatic heterocycles. The lowest BCUT2D eigenvalue weighted by molar-refractivity contribution is 0.0731. The van der Waals surface area contributed by atoms with E-state index < -0.39 is 11.4 Å². The Kier molecular flexibility index (Phi) is 8.97. The van der Waals surface area contributed by atoms with Crippen molar-refractivity contribution in [2.75, 3.05) is 14.2 Å². The molecule has 0 amide bonds. The van der Waals surface area contributed by atoms with Crippen LogP contribution in [0.4, 0.5) is 0 Å². The summed E-state index contributed by atoms with van der Waals surface area (Å²) in [6.07, 6.45) is 0. The van der Waals surface area contributed by atoms with Crippen molar-refractivity contribution < 1.29 is 32.9 Å². The van der Waals surface area contributed by atoms with Crippen LogP contribution in [0.2, 0.25) is 0 Å². The Labute approximate surface area is 265 Å². The highest BCUT2D eigenvalue weighted by Gasteiger charge is 2.24. The second-order valence-corrected chi connectivity index (χ2v) is 10.3. The maximum Gasteiger partial charge on any atom is 0.343 e. The van der Waals surface area contributed by atoms with Crippen LogP contribution in [-0.2, 0) is 13.2 Å². The van der Waals surface area contributed by atoms with Crippen LogP contribution in [0, 0.1) is 0 Å². The second kappa shape index (κ2) is 13.7. The van der Waals surface area contributed by atoms with Crippen LogP contribution < -0.4 is 29.1 Å². The van der Waals surface area contributed by atoms with E-state index in [-0.39, 0.29) is 33.8 Å². The molecule has 0 unspecified atom stereocenters. The molecule has 6 aromatic rings. The van der Waals surface area contributed by atoms with Gasteiger partial charge in [0.25, 0.3) is 0 Å². The van der Waals surface area contributed by atoms with Gasteiger partial charge in [0.05, 0.1) is 19.8 Å². The Balaban J connectivity index is 1.31. The molecule has 8 heteroatoms. The van der Waals surface area contributed by atoms with Crippen molar-refractivity contribution in [3.63, 3.8) is 0 Å². The van der Waals surface area contributed by atoms with E-state index in [9.17, 15) is 9.59 Å². The summed E-state index contributed by atoms with van der Waals surface area (Å²) in [6.45, 7) is 0.776. The first-order valence-corrected chi connectivity index (χ1v) is 14.5. The number of rotatable bonds is 11. The zero-order valence-corrected chi connectivity index (χ0v) is 25.2.